The number of carbonyl (C=O) groups excluding carboxylic acids is 1. The average Bonchev–Trinajstić information content (AvgIpc) is 3.50. The van der Waals surface area contributed by atoms with Crippen LogP contribution >= 0.6 is 15.9 Å². The van der Waals surface area contributed by atoms with Crippen molar-refractivity contribution in [2.24, 2.45) is 29.4 Å². The van der Waals surface area contributed by atoms with E-state index >= 15 is 0 Å². The van der Waals surface area contributed by atoms with Crippen molar-refractivity contribution in [3.63, 3.8) is 0 Å². The van der Waals surface area contributed by atoms with Crippen molar-refractivity contribution in [2.45, 2.75) is 81.9 Å². The third-order valence-corrected chi connectivity index (χ3v) is 9.25. The van der Waals surface area contributed by atoms with E-state index in [-0.39, 0.29) is 5.91 Å². The van der Waals surface area contributed by atoms with Gasteiger partial charge < -0.3 is 0 Å². The summed E-state index contributed by atoms with van der Waals surface area (Å²) in [6.45, 7) is 4.02. The second-order valence-electron chi connectivity index (χ2n) is 11.4. The standard InChI is InChI=1S/C25H32BrN5O/c1-14(8-24-9-16-6-17(10-24)12-25(26,11-16)13-24)28-29-23(32)19-7-20(18-4-5-18)27-22-21(19)15(2)30-31(22)3/h7,16-18H,4-6,8-13H2,1-3H3,(H,29,32)/b28-14+/t16-,17-,24?,25?/m1/s1. The summed E-state index contributed by atoms with van der Waals surface area (Å²) in [6.07, 6.45) is 11.3. The summed E-state index contributed by atoms with van der Waals surface area (Å²) in [5.74, 6) is 2.03. The number of carbonyl (C=O) groups is 1. The van der Waals surface area contributed by atoms with E-state index in [2.05, 4.69) is 38.5 Å². The Balaban J connectivity index is 1.23. The van der Waals surface area contributed by atoms with Gasteiger partial charge in [-0.05, 0) is 95.0 Å². The maximum absolute atomic E-state index is 13.2. The lowest BCUT2D eigenvalue weighted by atomic mass is 9.48. The maximum atomic E-state index is 13.2. The Bertz CT molecular complexity index is 1130. The first-order valence-corrected chi connectivity index (χ1v) is 12.9. The van der Waals surface area contributed by atoms with E-state index in [9.17, 15) is 4.79 Å². The highest BCUT2D eigenvalue weighted by Gasteiger charge is 2.56. The molecule has 7 rings (SSSR count). The van der Waals surface area contributed by atoms with Gasteiger partial charge in [-0.25, -0.2) is 10.4 Å². The molecule has 0 saturated heterocycles. The molecule has 5 aliphatic rings. The molecule has 0 radical (unpaired) electrons. The number of halogens is 1. The normalized spacial score (nSPS) is 33.8. The van der Waals surface area contributed by atoms with Gasteiger partial charge in [0.05, 0.1) is 16.6 Å². The van der Waals surface area contributed by atoms with Gasteiger partial charge in [-0.1, -0.05) is 15.9 Å². The van der Waals surface area contributed by atoms with Gasteiger partial charge in [0.1, 0.15) is 0 Å². The minimum absolute atomic E-state index is 0.155. The van der Waals surface area contributed by atoms with Crippen molar-refractivity contribution in [1.29, 1.82) is 0 Å². The molecule has 1 amide bonds. The highest BCUT2D eigenvalue weighted by molar-refractivity contribution is 9.10. The third kappa shape index (κ3) is 3.51. The molecular weight excluding hydrogens is 466 g/mol. The van der Waals surface area contributed by atoms with Gasteiger partial charge in [-0.2, -0.15) is 10.2 Å². The van der Waals surface area contributed by atoms with Crippen LogP contribution in [0, 0.1) is 24.2 Å². The van der Waals surface area contributed by atoms with Crippen molar-refractivity contribution in [2.75, 3.05) is 0 Å². The Morgan fingerprint density at radius 1 is 1.28 bits per heavy atom. The van der Waals surface area contributed by atoms with E-state index < -0.39 is 0 Å². The van der Waals surface area contributed by atoms with Crippen molar-refractivity contribution in [3.05, 3.63) is 23.0 Å². The lowest BCUT2D eigenvalue weighted by Gasteiger charge is -2.60. The van der Waals surface area contributed by atoms with Gasteiger partial charge in [0.15, 0.2) is 5.65 Å². The number of hydrogen-bond acceptors (Lipinski definition) is 4. The number of amides is 1. The summed E-state index contributed by atoms with van der Waals surface area (Å²) in [7, 11) is 1.89. The van der Waals surface area contributed by atoms with Crippen molar-refractivity contribution in [1.82, 2.24) is 20.2 Å². The van der Waals surface area contributed by atoms with Crippen LogP contribution in [0.1, 0.15) is 92.4 Å². The molecule has 2 aromatic rings. The lowest BCUT2D eigenvalue weighted by Crippen LogP contribution is -2.53. The third-order valence-electron chi connectivity index (χ3n) is 8.32. The first-order valence-electron chi connectivity index (χ1n) is 12.1. The van der Waals surface area contributed by atoms with Crippen molar-refractivity contribution >= 4 is 38.6 Å². The Labute approximate surface area is 197 Å². The zero-order chi connectivity index (χ0) is 22.3. The minimum atomic E-state index is -0.155. The monoisotopic (exact) mass is 497 g/mol. The van der Waals surface area contributed by atoms with Gasteiger partial charge in [0.2, 0.25) is 0 Å². The summed E-state index contributed by atoms with van der Waals surface area (Å²) in [5, 5.41) is 9.94. The molecule has 2 atom stereocenters. The minimum Gasteiger partial charge on any atom is -0.267 e. The van der Waals surface area contributed by atoms with Crippen LogP contribution < -0.4 is 5.43 Å². The van der Waals surface area contributed by atoms with Crippen LogP contribution in [0.4, 0.5) is 0 Å². The van der Waals surface area contributed by atoms with Crippen LogP contribution in [0.3, 0.4) is 0 Å². The number of pyridine rings is 1. The molecule has 5 fully saturated rings. The maximum Gasteiger partial charge on any atom is 0.272 e. The fourth-order valence-corrected chi connectivity index (χ4v) is 9.07. The molecule has 4 bridgehead atoms. The molecule has 0 spiro atoms. The molecular formula is C25H32BrN5O. The number of alkyl halides is 1. The number of aryl methyl sites for hydroxylation is 2. The van der Waals surface area contributed by atoms with Crippen LogP contribution in [0.5, 0.6) is 0 Å². The molecule has 7 heteroatoms. The van der Waals surface area contributed by atoms with E-state index in [1.165, 1.54) is 38.5 Å². The smallest absolute Gasteiger partial charge is 0.267 e. The predicted octanol–water partition coefficient (Wildman–Crippen LogP) is 5.38. The summed E-state index contributed by atoms with van der Waals surface area (Å²) in [5.41, 5.74) is 7.54. The van der Waals surface area contributed by atoms with E-state index in [4.69, 9.17) is 4.98 Å². The second kappa shape index (κ2) is 7.12. The molecule has 0 aromatic carbocycles. The van der Waals surface area contributed by atoms with E-state index in [1.54, 1.807) is 4.68 Å². The fourth-order valence-electron chi connectivity index (χ4n) is 7.56. The van der Waals surface area contributed by atoms with Crippen molar-refractivity contribution < 1.29 is 4.79 Å². The first kappa shape index (κ1) is 20.8. The van der Waals surface area contributed by atoms with Crippen LogP contribution in [0.15, 0.2) is 11.2 Å². The Morgan fingerprint density at radius 3 is 2.66 bits per heavy atom. The zero-order valence-electron chi connectivity index (χ0n) is 19.2. The van der Waals surface area contributed by atoms with Crippen LogP contribution in [0.25, 0.3) is 11.0 Å². The fraction of sp³-hybridized carbons (Fsp3) is 0.680. The predicted molar refractivity (Wildman–Crippen MR) is 129 cm³/mol. The summed E-state index contributed by atoms with van der Waals surface area (Å²) in [4.78, 5) is 18.0. The zero-order valence-corrected chi connectivity index (χ0v) is 20.8. The van der Waals surface area contributed by atoms with E-state index in [0.29, 0.717) is 21.2 Å². The second-order valence-corrected chi connectivity index (χ2v) is 13.0. The number of hydrogen-bond donors (Lipinski definition) is 1. The molecule has 2 aromatic heterocycles. The molecule has 5 saturated carbocycles. The van der Waals surface area contributed by atoms with Gasteiger partial charge in [-0.3, -0.25) is 9.48 Å². The summed E-state index contributed by atoms with van der Waals surface area (Å²) >= 11 is 4.11. The Morgan fingerprint density at radius 2 is 2.00 bits per heavy atom. The number of fused-ring (bicyclic) bond motifs is 1. The first-order chi connectivity index (χ1) is 15.2. The summed E-state index contributed by atoms with van der Waals surface area (Å²) in [6, 6.07) is 1.96. The topological polar surface area (TPSA) is 72.2 Å². The van der Waals surface area contributed by atoms with Crippen LogP contribution in [0.2, 0.25) is 0 Å². The molecule has 1 N–H and O–H groups in total. The highest BCUT2D eigenvalue weighted by Crippen LogP contribution is 2.65. The highest BCUT2D eigenvalue weighted by atomic mass is 79.9. The van der Waals surface area contributed by atoms with E-state index in [0.717, 1.165) is 59.2 Å². The molecule has 0 unspecified atom stereocenters. The van der Waals surface area contributed by atoms with Gasteiger partial charge in [0, 0.05) is 28.7 Å². The van der Waals surface area contributed by atoms with Crippen molar-refractivity contribution in [3.8, 4) is 0 Å². The van der Waals surface area contributed by atoms with Crippen LogP contribution in [-0.2, 0) is 7.05 Å². The average molecular weight is 498 g/mol. The molecule has 170 valence electrons. The SMILES string of the molecule is C/C(CC12C[C@H]3C[C@@H](CC(Br)(C3)C1)C2)=N\NC(=O)c1cc(C2CC2)nc2c1c(C)nn2C. The molecule has 32 heavy (non-hydrogen) atoms. The largest absolute Gasteiger partial charge is 0.272 e. The lowest BCUT2D eigenvalue weighted by molar-refractivity contribution is -0.0303. The number of hydrazone groups is 1. The van der Waals surface area contributed by atoms with Gasteiger partial charge in [0.25, 0.3) is 5.91 Å². The Hall–Kier alpha value is -1.76. The quantitative estimate of drug-likeness (QED) is 0.342. The molecule has 5 aliphatic carbocycles. The number of nitrogens with zero attached hydrogens (tertiary/aromatic N) is 4. The number of aromatic nitrogens is 3. The van der Waals surface area contributed by atoms with Gasteiger partial charge in [-0.15, -0.1) is 0 Å². The van der Waals surface area contributed by atoms with E-state index in [1.807, 2.05) is 20.0 Å². The molecule has 6 nitrogen and oxygen atoms in total. The molecule has 0 aliphatic heterocycles. The Kier molecular flexibility index (Phi) is 4.63. The summed E-state index contributed by atoms with van der Waals surface area (Å²) < 4.78 is 2.13. The number of rotatable bonds is 5. The van der Waals surface area contributed by atoms with Crippen LogP contribution in [-0.4, -0.2) is 30.7 Å². The molecule has 2 heterocycles. The van der Waals surface area contributed by atoms with Gasteiger partial charge >= 0.3 is 0 Å². The number of nitrogens with one attached hydrogen (secondary N) is 1.